The van der Waals surface area contributed by atoms with E-state index in [1.807, 2.05) is 0 Å². The first-order valence-corrected chi connectivity index (χ1v) is 6.23. The van der Waals surface area contributed by atoms with Crippen LogP contribution in [-0.4, -0.2) is 0 Å². The highest BCUT2D eigenvalue weighted by molar-refractivity contribution is 5.25. The summed E-state index contributed by atoms with van der Waals surface area (Å²) in [6.45, 7) is 2.23. The van der Waals surface area contributed by atoms with E-state index in [1.165, 1.54) is 51.4 Å². The molecule has 1 saturated carbocycles. The van der Waals surface area contributed by atoms with Crippen molar-refractivity contribution < 1.29 is 0 Å². The molecule has 0 aromatic rings. The van der Waals surface area contributed by atoms with E-state index < -0.39 is 0 Å². The third-order valence-electron chi connectivity index (χ3n) is 3.88. The summed E-state index contributed by atoms with van der Waals surface area (Å²) in [5.74, 6) is 0. The van der Waals surface area contributed by atoms with E-state index in [9.17, 15) is 0 Å². The van der Waals surface area contributed by atoms with E-state index in [0.717, 1.165) is 0 Å². The maximum Gasteiger partial charge on any atom is -0.0112 e. The van der Waals surface area contributed by atoms with Crippen molar-refractivity contribution in [1.82, 2.24) is 0 Å². The van der Waals surface area contributed by atoms with Crippen LogP contribution in [0.2, 0.25) is 0 Å². The van der Waals surface area contributed by atoms with Crippen molar-refractivity contribution >= 4 is 0 Å². The van der Waals surface area contributed by atoms with Gasteiger partial charge in [0.05, 0.1) is 0 Å². The largest absolute Gasteiger partial charge is 0.0816 e. The molecule has 0 aliphatic heterocycles. The number of hydrogen-bond donors (Lipinski definition) is 0. The van der Waals surface area contributed by atoms with Gasteiger partial charge in [-0.15, -0.1) is 0 Å². The molecule has 1 spiro atoms. The smallest absolute Gasteiger partial charge is 0.0112 e. The molecule has 2 aliphatic rings. The van der Waals surface area contributed by atoms with Crippen LogP contribution in [0.1, 0.15) is 58.3 Å². The molecule has 0 aromatic heterocycles. The van der Waals surface area contributed by atoms with Gasteiger partial charge in [-0.05, 0) is 37.5 Å². The maximum absolute atomic E-state index is 2.52. The van der Waals surface area contributed by atoms with Crippen LogP contribution < -0.4 is 0 Å². The van der Waals surface area contributed by atoms with Gasteiger partial charge in [0.1, 0.15) is 0 Å². The van der Waals surface area contributed by atoms with Gasteiger partial charge in [0.15, 0.2) is 0 Å². The van der Waals surface area contributed by atoms with Crippen LogP contribution in [0.4, 0.5) is 0 Å². The van der Waals surface area contributed by atoms with Crippen LogP contribution in [0.5, 0.6) is 0 Å². The molecule has 0 atom stereocenters. The fraction of sp³-hybridized carbons (Fsp3) is 0.714. The molecule has 0 radical (unpaired) electrons. The summed E-state index contributed by atoms with van der Waals surface area (Å²) in [4.78, 5) is 0. The summed E-state index contributed by atoms with van der Waals surface area (Å²) in [5.41, 5.74) is 2.19. The van der Waals surface area contributed by atoms with E-state index in [0.29, 0.717) is 5.41 Å². The SMILES string of the molecule is CC/C=C1/C=CC2(CCCCC2)CC1. The van der Waals surface area contributed by atoms with Gasteiger partial charge in [-0.3, -0.25) is 0 Å². The third kappa shape index (κ3) is 2.10. The van der Waals surface area contributed by atoms with Crippen molar-refractivity contribution in [3.05, 3.63) is 23.8 Å². The highest BCUT2D eigenvalue weighted by atomic mass is 14.4. The van der Waals surface area contributed by atoms with Crippen molar-refractivity contribution in [3.63, 3.8) is 0 Å². The number of rotatable bonds is 1. The minimum Gasteiger partial charge on any atom is -0.0816 e. The minimum atomic E-state index is 0.614. The van der Waals surface area contributed by atoms with Crippen molar-refractivity contribution in [3.8, 4) is 0 Å². The Morgan fingerprint density at radius 3 is 2.57 bits per heavy atom. The summed E-state index contributed by atoms with van der Waals surface area (Å²) in [7, 11) is 0. The Balaban J connectivity index is 2.04. The monoisotopic (exact) mass is 190 g/mol. The molecule has 0 bridgehead atoms. The second kappa shape index (κ2) is 4.33. The molecule has 0 saturated heterocycles. The van der Waals surface area contributed by atoms with E-state index in [2.05, 4.69) is 25.2 Å². The molecule has 0 N–H and O–H groups in total. The van der Waals surface area contributed by atoms with Gasteiger partial charge in [0.25, 0.3) is 0 Å². The van der Waals surface area contributed by atoms with Gasteiger partial charge in [-0.25, -0.2) is 0 Å². The van der Waals surface area contributed by atoms with Gasteiger partial charge in [0, 0.05) is 0 Å². The van der Waals surface area contributed by atoms with Crippen LogP contribution in [0.15, 0.2) is 23.8 Å². The molecule has 0 unspecified atom stereocenters. The average molecular weight is 190 g/mol. The fourth-order valence-electron chi connectivity index (χ4n) is 2.95. The quantitative estimate of drug-likeness (QED) is 0.566. The maximum atomic E-state index is 2.52. The number of hydrogen-bond acceptors (Lipinski definition) is 0. The van der Waals surface area contributed by atoms with Crippen LogP contribution >= 0.6 is 0 Å². The summed E-state index contributed by atoms with van der Waals surface area (Å²) >= 11 is 0. The Morgan fingerprint density at radius 1 is 1.21 bits per heavy atom. The molecule has 1 fully saturated rings. The van der Waals surface area contributed by atoms with Crippen LogP contribution in [-0.2, 0) is 0 Å². The second-order valence-electron chi connectivity index (χ2n) is 4.94. The predicted octanol–water partition coefficient (Wildman–Crippen LogP) is 4.62. The second-order valence-corrected chi connectivity index (χ2v) is 4.94. The van der Waals surface area contributed by atoms with E-state index in [4.69, 9.17) is 0 Å². The zero-order valence-electron chi connectivity index (χ0n) is 9.39. The lowest BCUT2D eigenvalue weighted by Crippen LogP contribution is -2.23. The Labute approximate surface area is 88.1 Å². The molecule has 0 aromatic carbocycles. The van der Waals surface area contributed by atoms with Crippen molar-refractivity contribution in [2.24, 2.45) is 5.41 Å². The normalized spacial score (nSPS) is 28.5. The molecule has 0 amide bonds. The zero-order valence-corrected chi connectivity index (χ0v) is 9.39. The molecule has 0 heteroatoms. The Morgan fingerprint density at radius 2 is 2.00 bits per heavy atom. The van der Waals surface area contributed by atoms with Crippen LogP contribution in [0, 0.1) is 5.41 Å². The van der Waals surface area contributed by atoms with Crippen molar-refractivity contribution in [1.29, 1.82) is 0 Å². The van der Waals surface area contributed by atoms with E-state index in [-0.39, 0.29) is 0 Å². The standard InChI is InChI=1S/C14H22/c1-2-6-13-7-11-14(12-8-13)9-4-3-5-10-14/h6-7,11H,2-5,8-10,12H2,1H3/b13-6-. The topological polar surface area (TPSA) is 0 Å². The summed E-state index contributed by atoms with van der Waals surface area (Å²) in [5, 5.41) is 0. The average Bonchev–Trinajstić information content (AvgIpc) is 2.24. The first-order chi connectivity index (χ1) is 6.85. The predicted molar refractivity (Wildman–Crippen MR) is 62.3 cm³/mol. The highest BCUT2D eigenvalue weighted by Gasteiger charge is 2.30. The van der Waals surface area contributed by atoms with Crippen LogP contribution in [0.3, 0.4) is 0 Å². The van der Waals surface area contributed by atoms with Crippen molar-refractivity contribution in [2.75, 3.05) is 0 Å². The Bertz CT molecular complexity index is 239. The van der Waals surface area contributed by atoms with Gasteiger partial charge in [-0.1, -0.05) is 50.0 Å². The molecular formula is C14H22. The molecule has 2 aliphatic carbocycles. The lowest BCUT2D eigenvalue weighted by Gasteiger charge is -2.37. The van der Waals surface area contributed by atoms with Crippen molar-refractivity contribution in [2.45, 2.75) is 58.3 Å². The Hall–Kier alpha value is -0.520. The molecule has 0 heterocycles. The van der Waals surface area contributed by atoms with Gasteiger partial charge in [-0.2, -0.15) is 0 Å². The summed E-state index contributed by atoms with van der Waals surface area (Å²) in [6.07, 6.45) is 18.5. The first-order valence-electron chi connectivity index (χ1n) is 6.23. The van der Waals surface area contributed by atoms with Gasteiger partial charge >= 0.3 is 0 Å². The fourth-order valence-corrected chi connectivity index (χ4v) is 2.95. The summed E-state index contributed by atoms with van der Waals surface area (Å²) in [6, 6.07) is 0. The molecule has 78 valence electrons. The molecule has 0 nitrogen and oxygen atoms in total. The van der Waals surface area contributed by atoms with E-state index >= 15 is 0 Å². The van der Waals surface area contributed by atoms with Gasteiger partial charge in [0.2, 0.25) is 0 Å². The molecular weight excluding hydrogens is 168 g/mol. The minimum absolute atomic E-state index is 0.614. The van der Waals surface area contributed by atoms with Crippen LogP contribution in [0.25, 0.3) is 0 Å². The van der Waals surface area contributed by atoms with E-state index in [1.54, 1.807) is 5.57 Å². The Kier molecular flexibility index (Phi) is 3.10. The third-order valence-corrected chi connectivity index (χ3v) is 3.88. The summed E-state index contributed by atoms with van der Waals surface area (Å²) < 4.78 is 0. The molecule has 14 heavy (non-hydrogen) atoms. The number of allylic oxidation sites excluding steroid dienone is 4. The van der Waals surface area contributed by atoms with Gasteiger partial charge < -0.3 is 0 Å². The first kappa shape index (κ1) is 10.0. The highest BCUT2D eigenvalue weighted by Crippen LogP contribution is 2.44. The lowest BCUT2D eigenvalue weighted by atomic mass is 9.68. The zero-order chi connectivity index (χ0) is 9.86. The lowest BCUT2D eigenvalue weighted by molar-refractivity contribution is 0.234. The molecule has 2 rings (SSSR count).